The Bertz CT molecular complexity index is 2920. The molecule has 10 rings (SSSR count). The number of fused-ring (bicyclic) bond motifs is 6. The van der Waals surface area contributed by atoms with Gasteiger partial charge in [-0.1, -0.05) is 153 Å². The van der Waals surface area contributed by atoms with Crippen LogP contribution in [0.4, 0.5) is 0 Å². The van der Waals surface area contributed by atoms with Gasteiger partial charge in [-0.2, -0.15) is 0 Å². The zero-order valence-electron chi connectivity index (χ0n) is 33.7. The molecule has 9 aromatic rings. The SMILES string of the molecule is CCC(C)(CC)Oc1c(-c2ccccc2)cc(C)cc1-c1ccc(-n2c3ccccc3c3cc(-c4cccc(C5c6ccccc6-c6ccccc65)c4)ccc32)cc1. The number of hydrogen-bond acceptors (Lipinski definition) is 1. The lowest BCUT2D eigenvalue weighted by atomic mass is 9.87. The van der Waals surface area contributed by atoms with Crippen molar-refractivity contribution in [1.82, 2.24) is 4.57 Å². The van der Waals surface area contributed by atoms with Gasteiger partial charge in [0, 0.05) is 33.5 Å². The Labute approximate surface area is 342 Å². The molecule has 0 fully saturated rings. The van der Waals surface area contributed by atoms with Crippen LogP contribution in [-0.2, 0) is 0 Å². The van der Waals surface area contributed by atoms with E-state index in [4.69, 9.17) is 4.74 Å². The second-order valence-electron chi connectivity index (χ2n) is 16.2. The Morgan fingerprint density at radius 3 is 1.72 bits per heavy atom. The van der Waals surface area contributed by atoms with Crippen molar-refractivity contribution in [3.63, 3.8) is 0 Å². The van der Waals surface area contributed by atoms with Gasteiger partial charge >= 0.3 is 0 Å². The van der Waals surface area contributed by atoms with E-state index in [2.05, 4.69) is 214 Å². The average Bonchev–Trinajstić information content (AvgIpc) is 3.80. The molecule has 0 unspecified atom stereocenters. The zero-order valence-corrected chi connectivity index (χ0v) is 33.7. The van der Waals surface area contributed by atoms with Crippen molar-refractivity contribution in [3.8, 4) is 55.9 Å². The fourth-order valence-electron chi connectivity index (χ4n) is 9.20. The average molecular weight is 750 g/mol. The summed E-state index contributed by atoms with van der Waals surface area (Å²) in [7, 11) is 0. The number of aromatic nitrogens is 1. The van der Waals surface area contributed by atoms with Gasteiger partial charge in [0.1, 0.15) is 11.4 Å². The maximum Gasteiger partial charge on any atom is 0.135 e. The first-order chi connectivity index (χ1) is 28.4. The van der Waals surface area contributed by atoms with Gasteiger partial charge in [-0.05, 0) is 125 Å². The van der Waals surface area contributed by atoms with Crippen LogP contribution in [0.1, 0.15) is 61.8 Å². The number of hydrogen-bond donors (Lipinski definition) is 0. The highest BCUT2D eigenvalue weighted by molar-refractivity contribution is 6.10. The quantitative estimate of drug-likeness (QED) is 0.143. The molecule has 1 aromatic heterocycles. The van der Waals surface area contributed by atoms with Crippen molar-refractivity contribution in [3.05, 3.63) is 204 Å². The van der Waals surface area contributed by atoms with Gasteiger partial charge in [-0.25, -0.2) is 0 Å². The van der Waals surface area contributed by atoms with E-state index >= 15 is 0 Å². The van der Waals surface area contributed by atoms with Crippen molar-refractivity contribution in [1.29, 1.82) is 0 Å². The maximum absolute atomic E-state index is 7.05. The lowest BCUT2D eigenvalue weighted by Gasteiger charge is -2.31. The van der Waals surface area contributed by atoms with E-state index < -0.39 is 0 Å². The summed E-state index contributed by atoms with van der Waals surface area (Å²) in [5.74, 6) is 1.17. The topological polar surface area (TPSA) is 14.2 Å². The summed E-state index contributed by atoms with van der Waals surface area (Å²) < 4.78 is 9.47. The molecule has 2 heteroatoms. The summed E-state index contributed by atoms with van der Waals surface area (Å²) in [6.07, 6.45) is 1.85. The van der Waals surface area contributed by atoms with Gasteiger partial charge < -0.3 is 9.30 Å². The minimum Gasteiger partial charge on any atom is -0.486 e. The van der Waals surface area contributed by atoms with Crippen LogP contribution >= 0.6 is 0 Å². The number of ether oxygens (including phenoxy) is 1. The van der Waals surface area contributed by atoms with Crippen molar-refractivity contribution < 1.29 is 4.74 Å². The molecular weight excluding hydrogens is 703 g/mol. The standard InChI is InChI=1S/C56H47NO/c1-5-56(4,6-2)58-55-49(38-17-8-7-9-18-38)33-37(3)34-50(55)39-27-30-43(31-28-39)57-52-26-15-14-23-46(52)51-36-41(29-32-53(51)57)40-19-16-20-42(35-40)54-47-24-12-10-21-44(47)45-22-11-13-25-48(45)54/h7-36,54H,5-6H2,1-4H3. The van der Waals surface area contributed by atoms with Crippen molar-refractivity contribution in [2.75, 3.05) is 0 Å². The highest BCUT2D eigenvalue weighted by Crippen LogP contribution is 2.49. The lowest BCUT2D eigenvalue weighted by molar-refractivity contribution is 0.0816. The highest BCUT2D eigenvalue weighted by Gasteiger charge is 2.30. The molecule has 0 saturated heterocycles. The molecular formula is C56H47NO. The molecule has 1 aliphatic carbocycles. The molecule has 0 atom stereocenters. The summed E-state index contributed by atoms with van der Waals surface area (Å²) in [6.45, 7) is 8.85. The van der Waals surface area contributed by atoms with Crippen LogP contribution in [0, 0.1) is 6.92 Å². The maximum atomic E-state index is 7.05. The molecule has 0 saturated carbocycles. The smallest absolute Gasteiger partial charge is 0.135 e. The zero-order chi connectivity index (χ0) is 39.4. The van der Waals surface area contributed by atoms with Gasteiger partial charge in [0.15, 0.2) is 0 Å². The fourth-order valence-corrected chi connectivity index (χ4v) is 9.20. The van der Waals surface area contributed by atoms with Gasteiger partial charge in [-0.15, -0.1) is 0 Å². The predicted molar refractivity (Wildman–Crippen MR) is 244 cm³/mol. The van der Waals surface area contributed by atoms with Gasteiger partial charge in [-0.3, -0.25) is 0 Å². The van der Waals surface area contributed by atoms with E-state index in [1.807, 2.05) is 0 Å². The molecule has 0 aliphatic heterocycles. The second kappa shape index (κ2) is 14.4. The van der Waals surface area contributed by atoms with Crippen LogP contribution < -0.4 is 4.74 Å². The number of rotatable bonds is 9. The van der Waals surface area contributed by atoms with Crippen LogP contribution in [0.2, 0.25) is 0 Å². The Kier molecular flexibility index (Phi) is 8.87. The first kappa shape index (κ1) is 35.8. The predicted octanol–water partition coefficient (Wildman–Crippen LogP) is 15.2. The molecule has 1 aliphatic rings. The van der Waals surface area contributed by atoms with E-state index in [0.29, 0.717) is 0 Å². The van der Waals surface area contributed by atoms with Crippen molar-refractivity contribution >= 4 is 21.8 Å². The highest BCUT2D eigenvalue weighted by atomic mass is 16.5. The van der Waals surface area contributed by atoms with Crippen molar-refractivity contribution in [2.24, 2.45) is 0 Å². The monoisotopic (exact) mass is 749 g/mol. The third-order valence-corrected chi connectivity index (χ3v) is 12.7. The molecule has 0 spiro atoms. The summed E-state index contributed by atoms with van der Waals surface area (Å²) in [5, 5.41) is 2.50. The number of aryl methyl sites for hydroxylation is 1. The molecule has 0 amide bonds. The van der Waals surface area contributed by atoms with E-state index in [1.165, 1.54) is 71.9 Å². The Morgan fingerprint density at radius 2 is 1.03 bits per heavy atom. The normalized spacial score (nSPS) is 12.6. The third-order valence-electron chi connectivity index (χ3n) is 12.7. The fraction of sp³-hybridized carbons (Fsp3) is 0.143. The number of nitrogens with zero attached hydrogens (tertiary/aromatic N) is 1. The molecule has 8 aromatic carbocycles. The lowest BCUT2D eigenvalue weighted by Crippen LogP contribution is -2.30. The third kappa shape index (κ3) is 6.03. The van der Waals surface area contributed by atoms with E-state index in [9.17, 15) is 0 Å². The van der Waals surface area contributed by atoms with Gasteiger partial charge in [0.2, 0.25) is 0 Å². The molecule has 0 radical (unpaired) electrons. The van der Waals surface area contributed by atoms with Gasteiger partial charge in [0.05, 0.1) is 11.0 Å². The Hall–Kier alpha value is -6.64. The number of para-hydroxylation sites is 1. The summed E-state index contributed by atoms with van der Waals surface area (Å²) in [5.41, 5.74) is 18.3. The Balaban J connectivity index is 1.05. The first-order valence-electron chi connectivity index (χ1n) is 20.7. The van der Waals surface area contributed by atoms with Crippen LogP contribution in [0.15, 0.2) is 182 Å². The summed E-state index contributed by atoms with van der Waals surface area (Å²) in [4.78, 5) is 0. The molecule has 58 heavy (non-hydrogen) atoms. The minimum absolute atomic E-state index is 0.219. The first-order valence-corrected chi connectivity index (χ1v) is 20.7. The van der Waals surface area contributed by atoms with Gasteiger partial charge in [0.25, 0.3) is 0 Å². The summed E-state index contributed by atoms with van der Waals surface area (Å²) >= 11 is 0. The molecule has 0 bridgehead atoms. The van der Waals surface area contributed by atoms with E-state index in [1.54, 1.807) is 0 Å². The molecule has 282 valence electrons. The second-order valence-corrected chi connectivity index (χ2v) is 16.2. The number of benzene rings is 8. The largest absolute Gasteiger partial charge is 0.486 e. The molecule has 0 N–H and O–H groups in total. The van der Waals surface area contributed by atoms with Crippen molar-refractivity contribution in [2.45, 2.75) is 52.1 Å². The van der Waals surface area contributed by atoms with E-state index in [-0.39, 0.29) is 11.5 Å². The molecule has 2 nitrogen and oxygen atoms in total. The van der Waals surface area contributed by atoms with Crippen LogP contribution in [-0.4, -0.2) is 10.2 Å². The summed E-state index contributed by atoms with van der Waals surface area (Å²) in [6, 6.07) is 67.0. The van der Waals surface area contributed by atoms with E-state index in [0.717, 1.165) is 41.0 Å². The van der Waals surface area contributed by atoms with Crippen LogP contribution in [0.3, 0.4) is 0 Å². The Morgan fingerprint density at radius 1 is 0.483 bits per heavy atom. The van der Waals surface area contributed by atoms with Crippen LogP contribution in [0.5, 0.6) is 5.75 Å². The minimum atomic E-state index is -0.274. The van der Waals surface area contributed by atoms with Crippen LogP contribution in [0.25, 0.3) is 72.0 Å². The molecule has 1 heterocycles.